The molecule has 2 nitrogen and oxygen atoms in total. The van der Waals surface area contributed by atoms with Crippen LogP contribution in [0, 0.1) is 5.92 Å². The molecule has 0 aliphatic carbocycles. The predicted octanol–water partition coefficient (Wildman–Crippen LogP) is 4.12. The van der Waals surface area contributed by atoms with E-state index in [2.05, 4.69) is 62.3 Å². The van der Waals surface area contributed by atoms with E-state index in [1.165, 1.54) is 30.8 Å². The molecule has 0 amide bonds. The van der Waals surface area contributed by atoms with Gasteiger partial charge in [0.15, 0.2) is 0 Å². The number of thiophene rings is 1. The van der Waals surface area contributed by atoms with Crippen molar-refractivity contribution in [2.24, 2.45) is 5.92 Å². The van der Waals surface area contributed by atoms with Gasteiger partial charge in [-0.15, -0.1) is 11.3 Å². The summed E-state index contributed by atoms with van der Waals surface area (Å²) in [6.07, 6.45) is 2.51. The molecule has 0 radical (unpaired) electrons. The number of nitrogens with one attached hydrogen (secondary N) is 1. The Morgan fingerprint density at radius 1 is 1.38 bits per heavy atom. The first-order valence-electron chi connectivity index (χ1n) is 8.47. The molecule has 1 aromatic rings. The van der Waals surface area contributed by atoms with Crippen LogP contribution in [0.1, 0.15) is 52.3 Å². The van der Waals surface area contributed by atoms with Crippen molar-refractivity contribution in [3.8, 4) is 0 Å². The van der Waals surface area contributed by atoms with Crippen LogP contribution in [0.25, 0.3) is 0 Å². The molecular weight excluding hydrogens is 276 g/mol. The van der Waals surface area contributed by atoms with Gasteiger partial charge in [0.1, 0.15) is 0 Å². The van der Waals surface area contributed by atoms with Crippen LogP contribution in [0.5, 0.6) is 0 Å². The van der Waals surface area contributed by atoms with Gasteiger partial charge in [-0.25, -0.2) is 0 Å². The van der Waals surface area contributed by atoms with Crippen molar-refractivity contribution in [3.63, 3.8) is 0 Å². The van der Waals surface area contributed by atoms with Crippen LogP contribution in [0.15, 0.2) is 17.5 Å². The third-order valence-corrected chi connectivity index (χ3v) is 6.38. The minimum atomic E-state index is 0.256. The second kappa shape index (κ2) is 7.26. The van der Waals surface area contributed by atoms with E-state index >= 15 is 0 Å². The standard InChI is InChI=1S/C18H32N2S/c1-6-10-19-16-9-11-20(15(3)14(16)2)13-18(4,5)17-8-7-12-21-17/h7-8,12,14-16,19H,6,9-11,13H2,1-5H3. The zero-order valence-electron chi connectivity index (χ0n) is 14.4. The van der Waals surface area contributed by atoms with Gasteiger partial charge in [0.25, 0.3) is 0 Å². The van der Waals surface area contributed by atoms with E-state index in [9.17, 15) is 0 Å². The van der Waals surface area contributed by atoms with Gasteiger partial charge in [-0.05, 0) is 50.2 Å². The highest BCUT2D eigenvalue weighted by atomic mass is 32.1. The van der Waals surface area contributed by atoms with Gasteiger partial charge in [0.2, 0.25) is 0 Å². The average molecular weight is 309 g/mol. The van der Waals surface area contributed by atoms with Crippen LogP contribution < -0.4 is 5.32 Å². The molecule has 3 heteroatoms. The molecule has 1 N–H and O–H groups in total. The average Bonchev–Trinajstić information content (AvgIpc) is 2.98. The van der Waals surface area contributed by atoms with E-state index in [4.69, 9.17) is 0 Å². The molecule has 120 valence electrons. The lowest BCUT2D eigenvalue weighted by atomic mass is 9.83. The number of likely N-dealkylation sites (tertiary alicyclic amines) is 1. The van der Waals surface area contributed by atoms with E-state index in [1.54, 1.807) is 0 Å². The monoisotopic (exact) mass is 308 g/mol. The lowest BCUT2D eigenvalue weighted by Gasteiger charge is -2.45. The number of hydrogen-bond acceptors (Lipinski definition) is 3. The van der Waals surface area contributed by atoms with Gasteiger partial charge >= 0.3 is 0 Å². The molecule has 1 aromatic heterocycles. The smallest absolute Gasteiger partial charge is 0.0120 e. The summed E-state index contributed by atoms with van der Waals surface area (Å²) in [7, 11) is 0. The van der Waals surface area contributed by atoms with Crippen molar-refractivity contribution in [1.82, 2.24) is 10.2 Å². The van der Waals surface area contributed by atoms with Crippen LogP contribution in [-0.4, -0.2) is 36.6 Å². The van der Waals surface area contributed by atoms with Crippen molar-refractivity contribution >= 4 is 11.3 Å². The maximum atomic E-state index is 3.74. The second-order valence-electron chi connectivity index (χ2n) is 7.28. The van der Waals surface area contributed by atoms with Crippen LogP contribution in [0.4, 0.5) is 0 Å². The lowest BCUT2D eigenvalue weighted by molar-refractivity contribution is 0.0685. The molecule has 2 rings (SSSR count). The van der Waals surface area contributed by atoms with Crippen LogP contribution >= 0.6 is 11.3 Å². The Kier molecular flexibility index (Phi) is 5.87. The minimum absolute atomic E-state index is 0.256. The van der Waals surface area contributed by atoms with Gasteiger partial charge in [0, 0.05) is 28.9 Å². The molecule has 1 saturated heterocycles. The first-order valence-corrected chi connectivity index (χ1v) is 9.35. The molecule has 1 fully saturated rings. The molecule has 21 heavy (non-hydrogen) atoms. The van der Waals surface area contributed by atoms with Crippen molar-refractivity contribution in [2.75, 3.05) is 19.6 Å². The first-order chi connectivity index (χ1) is 9.95. The summed E-state index contributed by atoms with van der Waals surface area (Å²) in [6.45, 7) is 15.4. The SMILES string of the molecule is CCCNC1CCN(CC(C)(C)c2cccs2)C(C)C1C. The van der Waals surface area contributed by atoms with Crippen molar-refractivity contribution in [2.45, 2.75) is 65.0 Å². The number of rotatable bonds is 6. The molecule has 3 atom stereocenters. The highest BCUT2D eigenvalue weighted by Crippen LogP contribution is 2.32. The Bertz CT molecular complexity index is 413. The lowest BCUT2D eigenvalue weighted by Crippen LogP contribution is -2.55. The summed E-state index contributed by atoms with van der Waals surface area (Å²) in [6, 6.07) is 5.82. The Labute approximate surface area is 134 Å². The molecule has 0 spiro atoms. The Balaban J connectivity index is 1.96. The molecular formula is C18H32N2S. The number of hydrogen-bond donors (Lipinski definition) is 1. The summed E-state index contributed by atoms with van der Waals surface area (Å²) >= 11 is 1.89. The van der Waals surface area contributed by atoms with Gasteiger partial charge in [-0.3, -0.25) is 4.90 Å². The fourth-order valence-corrected chi connectivity index (χ4v) is 4.37. The second-order valence-corrected chi connectivity index (χ2v) is 8.23. The normalized spacial score (nSPS) is 28.0. The maximum Gasteiger partial charge on any atom is 0.0120 e. The molecule has 3 unspecified atom stereocenters. The number of nitrogens with zero attached hydrogens (tertiary/aromatic N) is 1. The van der Waals surface area contributed by atoms with Crippen molar-refractivity contribution < 1.29 is 0 Å². The Hall–Kier alpha value is -0.380. The summed E-state index contributed by atoms with van der Waals surface area (Å²) in [5, 5.41) is 5.94. The van der Waals surface area contributed by atoms with Gasteiger partial charge in [-0.1, -0.05) is 33.8 Å². The third-order valence-electron chi connectivity index (χ3n) is 5.14. The zero-order valence-corrected chi connectivity index (χ0v) is 15.2. The molecule has 0 bridgehead atoms. The topological polar surface area (TPSA) is 15.3 Å². The minimum Gasteiger partial charge on any atom is -0.314 e. The first kappa shape index (κ1) is 17.0. The van der Waals surface area contributed by atoms with E-state index in [0.29, 0.717) is 12.1 Å². The fraction of sp³-hybridized carbons (Fsp3) is 0.778. The van der Waals surface area contributed by atoms with Gasteiger partial charge in [0.05, 0.1) is 0 Å². The summed E-state index contributed by atoms with van der Waals surface area (Å²) < 4.78 is 0. The Morgan fingerprint density at radius 3 is 2.76 bits per heavy atom. The summed E-state index contributed by atoms with van der Waals surface area (Å²) in [5.74, 6) is 0.726. The molecule has 2 heterocycles. The zero-order chi connectivity index (χ0) is 15.5. The van der Waals surface area contributed by atoms with Crippen LogP contribution in [0.2, 0.25) is 0 Å². The highest BCUT2D eigenvalue weighted by molar-refractivity contribution is 7.10. The largest absolute Gasteiger partial charge is 0.314 e. The fourth-order valence-electron chi connectivity index (χ4n) is 3.53. The predicted molar refractivity (Wildman–Crippen MR) is 94.2 cm³/mol. The van der Waals surface area contributed by atoms with Crippen molar-refractivity contribution in [3.05, 3.63) is 22.4 Å². The van der Waals surface area contributed by atoms with Crippen molar-refractivity contribution in [1.29, 1.82) is 0 Å². The van der Waals surface area contributed by atoms with E-state index in [-0.39, 0.29) is 5.41 Å². The molecule has 0 aromatic carbocycles. The molecule has 1 aliphatic rings. The number of piperidine rings is 1. The van der Waals surface area contributed by atoms with E-state index in [1.807, 2.05) is 11.3 Å². The maximum absolute atomic E-state index is 3.74. The van der Waals surface area contributed by atoms with Crippen LogP contribution in [0.3, 0.4) is 0 Å². The molecule has 0 saturated carbocycles. The van der Waals surface area contributed by atoms with Gasteiger partial charge < -0.3 is 5.32 Å². The van der Waals surface area contributed by atoms with E-state index in [0.717, 1.165) is 12.5 Å². The Morgan fingerprint density at radius 2 is 2.14 bits per heavy atom. The van der Waals surface area contributed by atoms with Crippen LogP contribution in [-0.2, 0) is 5.41 Å². The summed E-state index contributed by atoms with van der Waals surface area (Å²) in [4.78, 5) is 4.21. The summed E-state index contributed by atoms with van der Waals surface area (Å²) in [5.41, 5.74) is 0.256. The van der Waals surface area contributed by atoms with Gasteiger partial charge in [-0.2, -0.15) is 0 Å². The molecule has 1 aliphatic heterocycles. The quantitative estimate of drug-likeness (QED) is 0.850. The third kappa shape index (κ3) is 4.08. The highest BCUT2D eigenvalue weighted by Gasteiger charge is 2.35. The van der Waals surface area contributed by atoms with E-state index < -0.39 is 0 Å².